The summed E-state index contributed by atoms with van der Waals surface area (Å²) in [6.45, 7) is 0. The highest BCUT2D eigenvalue weighted by molar-refractivity contribution is 9.10. The molecule has 134 valence electrons. The average molecular weight is 502 g/mol. The van der Waals surface area contributed by atoms with Crippen LogP contribution in [0.1, 0.15) is 5.56 Å². The van der Waals surface area contributed by atoms with E-state index in [0.717, 1.165) is 20.4 Å². The van der Waals surface area contributed by atoms with Crippen LogP contribution in [-0.2, 0) is 5.75 Å². The smallest absolute Gasteiger partial charge is 0.266 e. The van der Waals surface area contributed by atoms with Crippen molar-refractivity contribution in [1.82, 2.24) is 9.55 Å². The van der Waals surface area contributed by atoms with Gasteiger partial charge in [-0.3, -0.25) is 9.36 Å². The van der Waals surface area contributed by atoms with Gasteiger partial charge in [-0.1, -0.05) is 74.0 Å². The highest BCUT2D eigenvalue weighted by atomic mass is 79.9. The van der Waals surface area contributed by atoms with E-state index in [1.807, 2.05) is 60.7 Å². The van der Waals surface area contributed by atoms with E-state index in [1.165, 1.54) is 5.56 Å². The molecule has 27 heavy (non-hydrogen) atoms. The van der Waals surface area contributed by atoms with Gasteiger partial charge in [0.25, 0.3) is 5.56 Å². The third kappa shape index (κ3) is 4.03. The third-order valence-electron chi connectivity index (χ3n) is 4.10. The fourth-order valence-corrected chi connectivity index (χ4v) is 4.36. The van der Waals surface area contributed by atoms with Crippen LogP contribution in [0.4, 0.5) is 0 Å². The molecule has 4 aromatic rings. The summed E-state index contributed by atoms with van der Waals surface area (Å²) in [7, 11) is 0. The van der Waals surface area contributed by atoms with Gasteiger partial charge < -0.3 is 0 Å². The normalized spacial score (nSPS) is 11.0. The van der Waals surface area contributed by atoms with E-state index < -0.39 is 0 Å². The van der Waals surface area contributed by atoms with Crippen LogP contribution in [0.2, 0.25) is 0 Å². The Kier molecular flexibility index (Phi) is 5.48. The largest absolute Gasteiger partial charge is 0.268 e. The lowest BCUT2D eigenvalue weighted by Crippen LogP contribution is -2.21. The molecule has 0 atom stereocenters. The van der Waals surface area contributed by atoms with Gasteiger partial charge in [-0.05, 0) is 48.0 Å². The maximum atomic E-state index is 13.2. The van der Waals surface area contributed by atoms with Crippen molar-refractivity contribution < 1.29 is 0 Å². The predicted octanol–water partition coefficient (Wildman–Crippen LogP) is 6.20. The Morgan fingerprint density at radius 2 is 1.59 bits per heavy atom. The summed E-state index contributed by atoms with van der Waals surface area (Å²) in [4.78, 5) is 18.0. The molecule has 3 nitrogen and oxygen atoms in total. The second-order valence-corrected chi connectivity index (χ2v) is 8.72. The summed E-state index contributed by atoms with van der Waals surface area (Å²) in [6.07, 6.45) is 0. The monoisotopic (exact) mass is 500 g/mol. The van der Waals surface area contributed by atoms with Crippen LogP contribution in [0.5, 0.6) is 0 Å². The Hall–Kier alpha value is -1.89. The van der Waals surface area contributed by atoms with Gasteiger partial charge in [0.05, 0.1) is 16.6 Å². The van der Waals surface area contributed by atoms with Crippen LogP contribution in [0, 0.1) is 0 Å². The van der Waals surface area contributed by atoms with E-state index in [0.29, 0.717) is 16.1 Å². The third-order valence-corrected chi connectivity index (χ3v) is 6.13. The lowest BCUT2D eigenvalue weighted by Gasteiger charge is -2.13. The van der Waals surface area contributed by atoms with Gasteiger partial charge in [0.15, 0.2) is 5.16 Å². The number of halogens is 2. The van der Waals surface area contributed by atoms with E-state index in [-0.39, 0.29) is 5.56 Å². The first kappa shape index (κ1) is 18.5. The Morgan fingerprint density at radius 1 is 0.889 bits per heavy atom. The molecule has 0 aliphatic rings. The van der Waals surface area contributed by atoms with Crippen molar-refractivity contribution in [2.75, 3.05) is 0 Å². The van der Waals surface area contributed by atoms with Crippen molar-refractivity contribution >= 4 is 54.5 Å². The van der Waals surface area contributed by atoms with Crippen molar-refractivity contribution in [3.8, 4) is 5.69 Å². The molecule has 0 aliphatic carbocycles. The fraction of sp³-hybridized carbons (Fsp3) is 0.0476. The van der Waals surface area contributed by atoms with E-state index in [2.05, 4.69) is 44.0 Å². The van der Waals surface area contributed by atoms with Crippen LogP contribution >= 0.6 is 43.6 Å². The number of hydrogen-bond acceptors (Lipinski definition) is 3. The van der Waals surface area contributed by atoms with E-state index in [1.54, 1.807) is 16.3 Å². The van der Waals surface area contributed by atoms with Gasteiger partial charge in [0.2, 0.25) is 0 Å². The average Bonchev–Trinajstić information content (AvgIpc) is 2.69. The number of para-hydroxylation sites is 1. The van der Waals surface area contributed by atoms with Gasteiger partial charge in [-0.25, -0.2) is 4.98 Å². The number of benzene rings is 3. The van der Waals surface area contributed by atoms with Gasteiger partial charge in [0.1, 0.15) is 0 Å². The molecular formula is C21H14Br2N2OS. The Labute approximate surface area is 177 Å². The molecule has 0 spiro atoms. The highest BCUT2D eigenvalue weighted by Crippen LogP contribution is 2.26. The van der Waals surface area contributed by atoms with Crippen molar-refractivity contribution in [1.29, 1.82) is 0 Å². The number of thioether (sulfide) groups is 1. The van der Waals surface area contributed by atoms with E-state index in [4.69, 9.17) is 4.98 Å². The summed E-state index contributed by atoms with van der Waals surface area (Å²) in [5.41, 5.74) is 2.63. The van der Waals surface area contributed by atoms with E-state index in [9.17, 15) is 4.79 Å². The molecule has 1 aromatic heterocycles. The van der Waals surface area contributed by atoms with Gasteiger partial charge in [0, 0.05) is 14.7 Å². The zero-order valence-electron chi connectivity index (χ0n) is 14.1. The van der Waals surface area contributed by atoms with Gasteiger partial charge in [-0.2, -0.15) is 0 Å². The van der Waals surface area contributed by atoms with Crippen molar-refractivity contribution in [2.45, 2.75) is 10.9 Å². The topological polar surface area (TPSA) is 34.9 Å². The summed E-state index contributed by atoms with van der Waals surface area (Å²) in [5, 5.41) is 1.28. The summed E-state index contributed by atoms with van der Waals surface area (Å²) in [5.74, 6) is 0.731. The minimum atomic E-state index is -0.0641. The maximum absolute atomic E-state index is 13.2. The zero-order chi connectivity index (χ0) is 18.8. The minimum Gasteiger partial charge on any atom is -0.268 e. The number of aromatic nitrogens is 2. The Balaban J connectivity index is 1.83. The zero-order valence-corrected chi connectivity index (χ0v) is 18.1. The molecule has 1 heterocycles. The first-order valence-electron chi connectivity index (χ1n) is 8.27. The predicted molar refractivity (Wildman–Crippen MR) is 119 cm³/mol. The SMILES string of the molecule is O=c1c2cc(Br)ccc2nc(SCc2ccc(Br)cc2)n1-c1ccccc1. The molecule has 0 unspecified atom stereocenters. The first-order valence-corrected chi connectivity index (χ1v) is 10.8. The fourth-order valence-electron chi connectivity index (χ4n) is 2.77. The van der Waals surface area contributed by atoms with Crippen LogP contribution in [-0.4, -0.2) is 9.55 Å². The minimum absolute atomic E-state index is 0.0641. The van der Waals surface area contributed by atoms with Gasteiger partial charge >= 0.3 is 0 Å². The quantitative estimate of drug-likeness (QED) is 0.246. The Morgan fingerprint density at radius 3 is 2.33 bits per heavy atom. The molecule has 0 N–H and O–H groups in total. The van der Waals surface area contributed by atoms with Crippen LogP contribution in [0.3, 0.4) is 0 Å². The molecule has 3 aromatic carbocycles. The number of nitrogens with zero attached hydrogens (tertiary/aromatic N) is 2. The summed E-state index contributed by atoms with van der Waals surface area (Å²) >= 11 is 8.46. The van der Waals surface area contributed by atoms with Crippen LogP contribution < -0.4 is 5.56 Å². The second kappa shape index (κ2) is 8.00. The molecule has 0 aliphatic heterocycles. The molecular weight excluding hydrogens is 488 g/mol. The van der Waals surface area contributed by atoms with Crippen molar-refractivity contribution in [3.05, 3.63) is 97.7 Å². The number of hydrogen-bond donors (Lipinski definition) is 0. The molecule has 0 saturated carbocycles. The lowest BCUT2D eigenvalue weighted by atomic mass is 10.2. The second-order valence-electron chi connectivity index (χ2n) is 5.95. The van der Waals surface area contributed by atoms with E-state index >= 15 is 0 Å². The van der Waals surface area contributed by atoms with Crippen molar-refractivity contribution in [2.24, 2.45) is 0 Å². The number of rotatable bonds is 4. The van der Waals surface area contributed by atoms with Gasteiger partial charge in [-0.15, -0.1) is 0 Å². The lowest BCUT2D eigenvalue weighted by molar-refractivity contribution is 0.819. The van der Waals surface area contributed by atoms with Crippen LogP contribution in [0.25, 0.3) is 16.6 Å². The Bertz CT molecular complexity index is 1160. The van der Waals surface area contributed by atoms with Crippen LogP contribution in [0.15, 0.2) is 91.7 Å². The molecule has 0 radical (unpaired) electrons. The maximum Gasteiger partial charge on any atom is 0.266 e. The summed E-state index contributed by atoms with van der Waals surface area (Å²) < 4.78 is 3.61. The highest BCUT2D eigenvalue weighted by Gasteiger charge is 2.14. The molecule has 4 rings (SSSR count). The molecule has 0 amide bonds. The first-order chi connectivity index (χ1) is 13.1. The standard InChI is InChI=1S/C21H14Br2N2OS/c22-15-8-6-14(7-9-15)13-27-21-24-19-11-10-16(23)12-18(19)20(26)25(21)17-4-2-1-3-5-17/h1-12H,13H2. The molecule has 6 heteroatoms. The van der Waals surface area contributed by atoms with Crippen molar-refractivity contribution in [3.63, 3.8) is 0 Å². The number of fused-ring (bicyclic) bond motifs is 1. The molecule has 0 fully saturated rings. The molecule has 0 saturated heterocycles. The molecule has 0 bridgehead atoms. The summed E-state index contributed by atoms with van der Waals surface area (Å²) in [6, 6.07) is 23.4.